The maximum atomic E-state index is 13.0. The maximum absolute atomic E-state index is 13.0. The molecule has 2 aromatic carbocycles. The van der Waals surface area contributed by atoms with E-state index in [1.54, 1.807) is 31.2 Å². The molecule has 0 aliphatic rings. The van der Waals surface area contributed by atoms with Crippen LogP contribution in [0.1, 0.15) is 26.3 Å². The van der Waals surface area contributed by atoms with Crippen LogP contribution < -0.4 is 5.32 Å². The van der Waals surface area contributed by atoms with Crippen LogP contribution in [0.25, 0.3) is 0 Å². The summed E-state index contributed by atoms with van der Waals surface area (Å²) >= 11 is 11.9. The second-order valence-electron chi connectivity index (χ2n) is 6.76. The first-order valence-electron chi connectivity index (χ1n) is 8.96. The Morgan fingerprint density at radius 3 is 2.17 bits per heavy atom. The van der Waals surface area contributed by atoms with Gasteiger partial charge >= 0.3 is 6.09 Å². The van der Waals surface area contributed by atoms with Crippen LogP contribution in [0.15, 0.2) is 48.5 Å². The van der Waals surface area contributed by atoms with Crippen molar-refractivity contribution in [3.05, 3.63) is 64.1 Å². The van der Waals surface area contributed by atoms with E-state index in [9.17, 15) is 14.4 Å². The Balaban J connectivity index is 2.30. The lowest BCUT2D eigenvalue weighted by Crippen LogP contribution is -2.58. The second-order valence-corrected chi connectivity index (χ2v) is 7.63. The topological polar surface area (TPSA) is 75.7 Å². The molecule has 0 unspecified atom stereocenters. The first kappa shape index (κ1) is 22.7. The van der Waals surface area contributed by atoms with Crippen molar-refractivity contribution in [2.75, 3.05) is 11.9 Å². The van der Waals surface area contributed by atoms with E-state index in [2.05, 4.69) is 5.32 Å². The van der Waals surface area contributed by atoms with Crippen LogP contribution in [0.5, 0.6) is 0 Å². The Labute approximate surface area is 179 Å². The number of anilines is 1. The van der Waals surface area contributed by atoms with Crippen molar-refractivity contribution in [3.8, 4) is 0 Å². The van der Waals surface area contributed by atoms with Gasteiger partial charge in [0.05, 0.1) is 13.0 Å². The van der Waals surface area contributed by atoms with Gasteiger partial charge in [0.2, 0.25) is 11.8 Å². The molecule has 0 heterocycles. The molecular weight excluding hydrogens is 415 g/mol. The number of halogens is 2. The first-order valence-corrected chi connectivity index (χ1v) is 9.72. The van der Waals surface area contributed by atoms with Gasteiger partial charge in [0.15, 0.2) is 0 Å². The van der Waals surface area contributed by atoms with E-state index in [1.807, 2.05) is 6.07 Å². The summed E-state index contributed by atoms with van der Waals surface area (Å²) in [5.74, 6) is -1.15. The lowest BCUT2D eigenvalue weighted by atomic mass is 10.00. The molecule has 0 radical (unpaired) electrons. The van der Waals surface area contributed by atoms with E-state index in [1.165, 1.54) is 32.0 Å². The summed E-state index contributed by atoms with van der Waals surface area (Å²) < 4.78 is 5.03. The molecule has 0 bridgehead atoms. The molecule has 1 N–H and O–H groups in total. The quantitative estimate of drug-likeness (QED) is 0.695. The summed E-state index contributed by atoms with van der Waals surface area (Å²) in [5.41, 5.74) is -0.475. The minimum Gasteiger partial charge on any atom is -0.449 e. The summed E-state index contributed by atoms with van der Waals surface area (Å²) in [6, 6.07) is 13.5. The van der Waals surface area contributed by atoms with Gasteiger partial charge in [-0.15, -0.1) is 0 Å². The number of carbonyl (C=O) groups is 3. The molecule has 8 heteroatoms. The van der Waals surface area contributed by atoms with Crippen LogP contribution >= 0.6 is 23.2 Å². The third-order valence-corrected chi connectivity index (χ3v) is 4.57. The standard InChI is InChI=1S/C21H22Cl2N2O4/c1-4-29-20(28)25(18(26)10-14-8-6-5-7-9-14)21(2,3)19(27)24-17-12-15(22)11-16(23)13-17/h5-9,11-13H,4,10H2,1-3H3,(H,24,27). The number of carbonyl (C=O) groups excluding carboxylic acids is 3. The molecule has 0 aromatic heterocycles. The van der Waals surface area contributed by atoms with Gasteiger partial charge in [-0.3, -0.25) is 9.59 Å². The molecule has 2 rings (SSSR count). The number of hydrogen-bond donors (Lipinski definition) is 1. The third kappa shape index (κ3) is 5.95. The van der Waals surface area contributed by atoms with Crippen molar-refractivity contribution < 1.29 is 19.1 Å². The Kier molecular flexibility index (Phi) is 7.65. The molecule has 0 saturated heterocycles. The average molecular weight is 437 g/mol. The molecule has 0 atom stereocenters. The molecule has 0 aliphatic heterocycles. The molecule has 0 spiro atoms. The largest absolute Gasteiger partial charge is 0.449 e. The van der Waals surface area contributed by atoms with Gasteiger partial charge in [-0.05, 0) is 44.5 Å². The van der Waals surface area contributed by atoms with Crippen LogP contribution in [0.4, 0.5) is 10.5 Å². The number of nitrogens with one attached hydrogen (secondary N) is 1. The van der Waals surface area contributed by atoms with Gasteiger partial charge in [0.1, 0.15) is 5.54 Å². The van der Waals surface area contributed by atoms with Gasteiger partial charge in [0, 0.05) is 15.7 Å². The van der Waals surface area contributed by atoms with Crippen molar-refractivity contribution >= 4 is 46.8 Å². The number of nitrogens with zero attached hydrogens (tertiary/aromatic N) is 1. The number of imide groups is 1. The van der Waals surface area contributed by atoms with Crippen molar-refractivity contribution in [2.45, 2.75) is 32.7 Å². The normalized spacial score (nSPS) is 10.9. The lowest BCUT2D eigenvalue weighted by molar-refractivity contribution is -0.140. The van der Waals surface area contributed by atoms with E-state index in [4.69, 9.17) is 27.9 Å². The highest BCUT2D eigenvalue weighted by Crippen LogP contribution is 2.25. The molecule has 2 aromatic rings. The monoisotopic (exact) mass is 436 g/mol. The predicted octanol–water partition coefficient (Wildman–Crippen LogP) is 4.94. The van der Waals surface area contributed by atoms with Crippen LogP contribution in [0, 0.1) is 0 Å². The summed E-state index contributed by atoms with van der Waals surface area (Å²) in [4.78, 5) is 39.3. The molecule has 154 valence electrons. The SMILES string of the molecule is CCOC(=O)N(C(=O)Cc1ccccc1)C(C)(C)C(=O)Nc1cc(Cl)cc(Cl)c1. The molecule has 0 saturated carbocycles. The van der Waals surface area contributed by atoms with Gasteiger partial charge in [-0.25, -0.2) is 9.69 Å². The van der Waals surface area contributed by atoms with Crippen molar-refractivity contribution in [2.24, 2.45) is 0 Å². The first-order chi connectivity index (χ1) is 13.6. The highest BCUT2D eigenvalue weighted by Gasteiger charge is 2.43. The number of rotatable bonds is 6. The zero-order chi connectivity index (χ0) is 21.6. The number of amides is 3. The molecule has 29 heavy (non-hydrogen) atoms. The van der Waals surface area contributed by atoms with Gasteiger partial charge in [0.25, 0.3) is 0 Å². The van der Waals surface area contributed by atoms with Gasteiger partial charge in [-0.1, -0.05) is 53.5 Å². The van der Waals surface area contributed by atoms with Gasteiger partial charge in [-0.2, -0.15) is 0 Å². The van der Waals surface area contributed by atoms with Crippen molar-refractivity contribution in [1.82, 2.24) is 4.90 Å². The fourth-order valence-corrected chi connectivity index (χ4v) is 3.22. The van der Waals surface area contributed by atoms with E-state index >= 15 is 0 Å². The Hall–Kier alpha value is -2.57. The van der Waals surface area contributed by atoms with E-state index in [0.29, 0.717) is 21.3 Å². The Morgan fingerprint density at radius 1 is 1.03 bits per heavy atom. The molecule has 0 fully saturated rings. The lowest BCUT2D eigenvalue weighted by Gasteiger charge is -2.34. The third-order valence-electron chi connectivity index (χ3n) is 4.13. The smallest absolute Gasteiger partial charge is 0.417 e. The minimum absolute atomic E-state index is 0.0562. The van der Waals surface area contributed by atoms with Gasteiger partial charge < -0.3 is 10.1 Å². The minimum atomic E-state index is -1.53. The van der Waals surface area contributed by atoms with Crippen LogP contribution in [-0.4, -0.2) is 35.0 Å². The Morgan fingerprint density at radius 2 is 1.62 bits per heavy atom. The predicted molar refractivity (Wildman–Crippen MR) is 113 cm³/mol. The summed E-state index contributed by atoms with van der Waals surface area (Å²) in [6.07, 6.45) is -0.947. The molecular formula is C21H22Cl2N2O4. The van der Waals surface area contributed by atoms with E-state index < -0.39 is 23.4 Å². The fraction of sp³-hybridized carbons (Fsp3) is 0.286. The highest BCUT2D eigenvalue weighted by atomic mass is 35.5. The summed E-state index contributed by atoms with van der Waals surface area (Å²) in [5, 5.41) is 3.33. The second kappa shape index (κ2) is 9.76. The number of benzene rings is 2. The summed E-state index contributed by atoms with van der Waals surface area (Å²) in [7, 11) is 0. The van der Waals surface area contributed by atoms with Crippen molar-refractivity contribution in [3.63, 3.8) is 0 Å². The fourth-order valence-electron chi connectivity index (χ4n) is 2.69. The van der Waals surface area contributed by atoms with Crippen LogP contribution in [0.2, 0.25) is 10.0 Å². The molecule has 0 aliphatic carbocycles. The zero-order valence-electron chi connectivity index (χ0n) is 16.4. The van der Waals surface area contributed by atoms with E-state index in [-0.39, 0.29) is 13.0 Å². The van der Waals surface area contributed by atoms with Crippen LogP contribution in [0.3, 0.4) is 0 Å². The molecule has 3 amide bonds. The molecule has 6 nitrogen and oxygen atoms in total. The summed E-state index contributed by atoms with van der Waals surface area (Å²) in [6.45, 7) is 4.62. The van der Waals surface area contributed by atoms with Crippen molar-refractivity contribution in [1.29, 1.82) is 0 Å². The number of ether oxygens (including phenoxy) is 1. The van der Waals surface area contributed by atoms with E-state index in [0.717, 1.165) is 4.90 Å². The zero-order valence-corrected chi connectivity index (χ0v) is 17.9. The number of hydrogen-bond acceptors (Lipinski definition) is 4. The average Bonchev–Trinajstić information content (AvgIpc) is 2.61. The maximum Gasteiger partial charge on any atom is 0.417 e. The Bertz CT molecular complexity index is 881. The van der Waals surface area contributed by atoms with Crippen LogP contribution in [-0.2, 0) is 20.7 Å². The highest BCUT2D eigenvalue weighted by molar-refractivity contribution is 6.35.